The number of hydrogen-bond acceptors (Lipinski definition) is 7. The maximum absolute atomic E-state index is 13.3. The zero-order valence-electron chi connectivity index (χ0n) is 15.0. The van der Waals surface area contributed by atoms with E-state index in [1.54, 1.807) is 24.3 Å². The van der Waals surface area contributed by atoms with Crippen LogP contribution in [-0.4, -0.2) is 38.7 Å². The van der Waals surface area contributed by atoms with Crippen LogP contribution in [0.2, 0.25) is 0 Å². The molecule has 0 radical (unpaired) electrons. The highest BCUT2D eigenvalue weighted by atomic mass is 32.2. The zero-order valence-corrected chi connectivity index (χ0v) is 15.8. The molecule has 0 spiro atoms. The lowest BCUT2D eigenvalue weighted by Crippen LogP contribution is -2.47. The molecule has 0 saturated heterocycles. The largest absolute Gasteiger partial charge is 0.475 e. The molecule has 9 nitrogen and oxygen atoms in total. The van der Waals surface area contributed by atoms with Gasteiger partial charge in [-0.15, -0.1) is 0 Å². The smallest absolute Gasteiger partial charge is 0.419 e. The lowest BCUT2D eigenvalue weighted by Gasteiger charge is -2.34. The van der Waals surface area contributed by atoms with Gasteiger partial charge in [-0.1, -0.05) is 12.1 Å². The van der Waals surface area contributed by atoms with Crippen molar-refractivity contribution in [3.63, 3.8) is 0 Å². The van der Waals surface area contributed by atoms with E-state index in [0.717, 1.165) is 4.31 Å². The minimum Gasteiger partial charge on any atom is -0.475 e. The molecule has 1 aliphatic heterocycles. The number of carbonyl (C=O) groups is 1. The van der Waals surface area contributed by atoms with E-state index >= 15 is 0 Å². The SMILES string of the molecule is COC(=O)[C@@H]1CN(S(=O)(=O)c2ccc3c(c2)oc(=O)n3C)c2ccccc2O1. The molecule has 2 aromatic carbocycles. The van der Waals surface area contributed by atoms with Crippen molar-refractivity contribution < 1.29 is 27.1 Å². The number of esters is 1. The summed E-state index contributed by atoms with van der Waals surface area (Å²) in [6, 6.07) is 10.7. The van der Waals surface area contributed by atoms with Gasteiger partial charge in [-0.25, -0.2) is 18.0 Å². The zero-order chi connectivity index (χ0) is 20.1. The van der Waals surface area contributed by atoms with Gasteiger partial charge in [0.25, 0.3) is 10.0 Å². The molecule has 10 heteroatoms. The highest BCUT2D eigenvalue weighted by Gasteiger charge is 2.38. The Morgan fingerprint density at radius 2 is 1.96 bits per heavy atom. The number of nitrogens with zero attached hydrogens (tertiary/aromatic N) is 2. The number of rotatable bonds is 3. The normalized spacial score (nSPS) is 16.5. The average molecular weight is 404 g/mol. The van der Waals surface area contributed by atoms with Gasteiger partial charge in [0.2, 0.25) is 6.10 Å². The molecule has 28 heavy (non-hydrogen) atoms. The maximum atomic E-state index is 13.3. The average Bonchev–Trinajstić information content (AvgIpc) is 2.99. The Labute approximate surface area is 159 Å². The number of sulfonamides is 1. The number of aromatic nitrogens is 1. The first kappa shape index (κ1) is 18.1. The Balaban J connectivity index is 1.83. The molecule has 0 saturated carbocycles. The van der Waals surface area contributed by atoms with E-state index < -0.39 is 27.9 Å². The first-order valence-corrected chi connectivity index (χ1v) is 9.73. The quantitative estimate of drug-likeness (QED) is 0.605. The minimum atomic E-state index is -4.07. The molecule has 4 rings (SSSR count). The summed E-state index contributed by atoms with van der Waals surface area (Å²) in [5.41, 5.74) is 0.927. The number of hydrogen-bond donors (Lipinski definition) is 0. The van der Waals surface area contributed by atoms with Crippen LogP contribution in [0.25, 0.3) is 11.1 Å². The third-order valence-corrected chi connectivity index (χ3v) is 6.33. The summed E-state index contributed by atoms with van der Waals surface area (Å²) in [5.74, 6) is -1.02. The lowest BCUT2D eigenvalue weighted by molar-refractivity contribution is -0.148. The molecule has 1 atom stereocenters. The number of anilines is 1. The van der Waals surface area contributed by atoms with Crippen LogP contribution in [0.3, 0.4) is 0 Å². The van der Waals surface area contributed by atoms with Crippen molar-refractivity contribution in [2.45, 2.75) is 11.0 Å². The van der Waals surface area contributed by atoms with Gasteiger partial charge < -0.3 is 13.9 Å². The van der Waals surface area contributed by atoms with Crippen molar-refractivity contribution in [3.8, 4) is 5.75 Å². The van der Waals surface area contributed by atoms with Crippen molar-refractivity contribution in [2.24, 2.45) is 7.05 Å². The lowest BCUT2D eigenvalue weighted by atomic mass is 10.2. The number of para-hydroxylation sites is 2. The molecule has 0 unspecified atom stereocenters. The van der Waals surface area contributed by atoms with Gasteiger partial charge >= 0.3 is 11.7 Å². The first-order chi connectivity index (χ1) is 13.3. The Morgan fingerprint density at radius 3 is 2.71 bits per heavy atom. The molecule has 2 heterocycles. The van der Waals surface area contributed by atoms with E-state index in [-0.39, 0.29) is 22.8 Å². The van der Waals surface area contributed by atoms with Gasteiger partial charge in [0.1, 0.15) is 5.75 Å². The fourth-order valence-corrected chi connectivity index (χ4v) is 4.58. The summed E-state index contributed by atoms with van der Waals surface area (Å²) in [6.45, 7) is -0.247. The van der Waals surface area contributed by atoms with E-state index in [0.29, 0.717) is 11.2 Å². The van der Waals surface area contributed by atoms with Gasteiger partial charge in [-0.2, -0.15) is 0 Å². The van der Waals surface area contributed by atoms with Gasteiger partial charge in [-0.3, -0.25) is 8.87 Å². The summed E-state index contributed by atoms with van der Waals surface area (Å²) in [5, 5.41) is 0. The van der Waals surface area contributed by atoms with E-state index in [2.05, 4.69) is 0 Å². The summed E-state index contributed by atoms with van der Waals surface area (Å²) >= 11 is 0. The van der Waals surface area contributed by atoms with Crippen molar-refractivity contribution in [2.75, 3.05) is 18.0 Å². The topological polar surface area (TPSA) is 108 Å². The fraction of sp³-hybridized carbons (Fsp3) is 0.222. The van der Waals surface area contributed by atoms with Crippen LogP contribution in [0.15, 0.2) is 56.6 Å². The van der Waals surface area contributed by atoms with Gasteiger partial charge in [0.05, 0.1) is 29.8 Å². The second kappa shape index (κ2) is 6.41. The molecule has 3 aromatic rings. The van der Waals surface area contributed by atoms with Crippen LogP contribution < -0.4 is 14.8 Å². The third-order valence-electron chi connectivity index (χ3n) is 4.55. The number of methoxy groups -OCH3 is 1. The Bertz CT molecular complexity index is 1240. The molecule has 146 valence electrons. The molecule has 0 aliphatic carbocycles. The minimum absolute atomic E-state index is 0.0744. The Hall–Kier alpha value is -3.27. The number of ether oxygens (including phenoxy) is 2. The summed E-state index contributed by atoms with van der Waals surface area (Å²) < 4.78 is 44.4. The summed E-state index contributed by atoms with van der Waals surface area (Å²) in [7, 11) is -1.34. The van der Waals surface area contributed by atoms with Crippen molar-refractivity contribution in [3.05, 3.63) is 53.0 Å². The molecule has 1 aromatic heterocycles. The highest BCUT2D eigenvalue weighted by Crippen LogP contribution is 2.37. The van der Waals surface area contributed by atoms with Gasteiger partial charge in [-0.05, 0) is 24.3 Å². The van der Waals surface area contributed by atoms with Gasteiger partial charge in [0.15, 0.2) is 5.58 Å². The first-order valence-electron chi connectivity index (χ1n) is 8.29. The second-order valence-electron chi connectivity index (χ2n) is 6.19. The van der Waals surface area contributed by atoms with Gasteiger partial charge in [0, 0.05) is 13.1 Å². The number of oxazole rings is 1. The van der Waals surface area contributed by atoms with Crippen molar-refractivity contribution in [1.82, 2.24) is 4.57 Å². The number of fused-ring (bicyclic) bond motifs is 2. The van der Waals surface area contributed by atoms with E-state index in [1.165, 1.54) is 36.9 Å². The Kier molecular flexibility index (Phi) is 4.15. The van der Waals surface area contributed by atoms with Crippen molar-refractivity contribution >= 4 is 32.8 Å². The standard InChI is InChI=1S/C18H16N2O7S/c1-19-12-8-7-11(9-15(12)27-18(19)22)28(23,24)20-10-16(17(21)25-2)26-14-6-4-3-5-13(14)20/h3-9,16H,10H2,1-2H3/t16-/m0/s1. The second-order valence-corrected chi connectivity index (χ2v) is 8.05. The van der Waals surface area contributed by atoms with Crippen LogP contribution >= 0.6 is 0 Å². The molecule has 0 fully saturated rings. The van der Waals surface area contributed by atoms with E-state index in [9.17, 15) is 18.0 Å². The predicted molar refractivity (Wildman–Crippen MR) is 98.9 cm³/mol. The molecule has 0 N–H and O–H groups in total. The van der Waals surface area contributed by atoms with Crippen LogP contribution in [0.1, 0.15) is 0 Å². The fourth-order valence-electron chi connectivity index (χ4n) is 3.09. The number of benzene rings is 2. The molecule has 1 aliphatic rings. The summed E-state index contributed by atoms with van der Waals surface area (Å²) in [4.78, 5) is 23.6. The third kappa shape index (κ3) is 2.73. The molecule has 0 bridgehead atoms. The van der Waals surface area contributed by atoms with E-state index in [4.69, 9.17) is 13.9 Å². The van der Waals surface area contributed by atoms with Crippen LogP contribution in [0.4, 0.5) is 5.69 Å². The summed E-state index contributed by atoms with van der Waals surface area (Å²) in [6.07, 6.45) is -1.10. The predicted octanol–water partition coefficient (Wildman–Crippen LogP) is 1.26. The number of carbonyl (C=O) groups excluding carboxylic acids is 1. The highest BCUT2D eigenvalue weighted by molar-refractivity contribution is 7.92. The van der Waals surface area contributed by atoms with Crippen LogP contribution in [-0.2, 0) is 26.6 Å². The Morgan fingerprint density at radius 1 is 1.21 bits per heavy atom. The molecular weight excluding hydrogens is 388 g/mol. The van der Waals surface area contributed by atoms with Crippen LogP contribution in [0.5, 0.6) is 5.75 Å². The van der Waals surface area contributed by atoms with E-state index in [1.807, 2.05) is 0 Å². The number of aryl methyl sites for hydroxylation is 1. The maximum Gasteiger partial charge on any atom is 0.419 e. The van der Waals surface area contributed by atoms with Crippen molar-refractivity contribution in [1.29, 1.82) is 0 Å². The monoisotopic (exact) mass is 404 g/mol. The molecular formula is C18H16N2O7S. The molecule has 0 amide bonds. The van der Waals surface area contributed by atoms with Crippen LogP contribution in [0, 0.1) is 0 Å².